The van der Waals surface area contributed by atoms with Gasteiger partial charge in [-0.05, 0) is 37.1 Å². The van der Waals surface area contributed by atoms with Crippen LogP contribution in [0.15, 0.2) is 0 Å². The van der Waals surface area contributed by atoms with Crippen molar-refractivity contribution in [3.63, 3.8) is 0 Å². The van der Waals surface area contributed by atoms with Crippen LogP contribution in [0.2, 0.25) is 0 Å². The van der Waals surface area contributed by atoms with Gasteiger partial charge in [0.25, 0.3) is 0 Å². The first-order valence-electron chi connectivity index (χ1n) is 6.96. The van der Waals surface area contributed by atoms with E-state index in [2.05, 4.69) is 0 Å². The van der Waals surface area contributed by atoms with E-state index in [1.165, 1.54) is 44.9 Å². The van der Waals surface area contributed by atoms with Crippen LogP contribution >= 0.6 is 0 Å². The van der Waals surface area contributed by atoms with E-state index in [4.69, 9.17) is 5.73 Å². The molecule has 0 atom stereocenters. The third-order valence-corrected chi connectivity index (χ3v) is 4.45. The zero-order valence-corrected chi connectivity index (χ0v) is 10.3. The first-order chi connectivity index (χ1) is 7.74. The summed E-state index contributed by atoms with van der Waals surface area (Å²) >= 11 is 0. The maximum Gasteiger partial charge on any atom is 0.133 e. The molecule has 2 fully saturated rings. The van der Waals surface area contributed by atoms with Crippen molar-refractivity contribution in [3.05, 3.63) is 0 Å². The summed E-state index contributed by atoms with van der Waals surface area (Å²) < 4.78 is 0. The number of carbonyl (C=O) groups excluding carboxylic acids is 1. The molecule has 0 aromatic heterocycles. The summed E-state index contributed by atoms with van der Waals surface area (Å²) in [5.41, 5.74) is 6.08. The average molecular weight is 223 g/mol. The second-order valence-corrected chi connectivity index (χ2v) is 5.96. The summed E-state index contributed by atoms with van der Waals surface area (Å²) in [5, 5.41) is 0. The summed E-state index contributed by atoms with van der Waals surface area (Å²) in [6.07, 6.45) is 11.7. The quantitative estimate of drug-likeness (QED) is 0.752. The molecule has 0 amide bonds. The molecule has 2 aliphatic rings. The van der Waals surface area contributed by atoms with Crippen molar-refractivity contribution in [2.45, 2.75) is 64.2 Å². The highest BCUT2D eigenvalue weighted by Gasteiger charge is 2.33. The highest BCUT2D eigenvalue weighted by molar-refractivity contribution is 5.79. The molecule has 0 unspecified atom stereocenters. The van der Waals surface area contributed by atoms with Crippen LogP contribution in [0.4, 0.5) is 0 Å². The van der Waals surface area contributed by atoms with Gasteiger partial charge >= 0.3 is 0 Å². The lowest BCUT2D eigenvalue weighted by molar-refractivity contribution is -0.122. The molecule has 16 heavy (non-hydrogen) atoms. The largest absolute Gasteiger partial charge is 0.330 e. The molecule has 0 spiro atoms. The second-order valence-electron chi connectivity index (χ2n) is 5.96. The summed E-state index contributed by atoms with van der Waals surface area (Å²) in [5.74, 6) is 1.35. The van der Waals surface area contributed by atoms with E-state index in [0.29, 0.717) is 12.3 Å². The van der Waals surface area contributed by atoms with Crippen LogP contribution in [0.1, 0.15) is 64.2 Å². The SMILES string of the molecule is NCC1(CC(=O)CCC2CC2)CCCCC1. The summed E-state index contributed by atoms with van der Waals surface area (Å²) in [4.78, 5) is 12.0. The topological polar surface area (TPSA) is 43.1 Å². The Morgan fingerprint density at radius 1 is 1.19 bits per heavy atom. The van der Waals surface area contributed by atoms with Gasteiger partial charge in [0.05, 0.1) is 0 Å². The number of ketones is 1. The molecule has 92 valence electrons. The molecule has 2 rings (SSSR count). The standard InChI is InChI=1S/C14H25NO/c15-11-14(8-2-1-3-9-14)10-13(16)7-6-12-4-5-12/h12H,1-11,15H2. The minimum absolute atomic E-state index is 0.179. The number of carbonyl (C=O) groups is 1. The third-order valence-electron chi connectivity index (χ3n) is 4.45. The molecule has 0 aromatic carbocycles. The Balaban J connectivity index is 1.77. The van der Waals surface area contributed by atoms with Crippen LogP contribution < -0.4 is 5.73 Å². The van der Waals surface area contributed by atoms with E-state index in [-0.39, 0.29) is 5.41 Å². The third kappa shape index (κ3) is 3.31. The van der Waals surface area contributed by atoms with Crippen LogP contribution in [0.3, 0.4) is 0 Å². The molecule has 0 heterocycles. The van der Waals surface area contributed by atoms with Gasteiger partial charge in [-0.2, -0.15) is 0 Å². The lowest BCUT2D eigenvalue weighted by Gasteiger charge is -2.35. The van der Waals surface area contributed by atoms with Gasteiger partial charge in [0, 0.05) is 12.8 Å². The molecular formula is C14H25NO. The van der Waals surface area contributed by atoms with Crippen LogP contribution in [0.25, 0.3) is 0 Å². The Bertz CT molecular complexity index is 239. The smallest absolute Gasteiger partial charge is 0.133 e. The molecule has 0 saturated heterocycles. The highest BCUT2D eigenvalue weighted by atomic mass is 16.1. The van der Waals surface area contributed by atoms with E-state index in [9.17, 15) is 4.79 Å². The van der Waals surface area contributed by atoms with Gasteiger partial charge in [-0.1, -0.05) is 32.1 Å². The number of hydrogen-bond acceptors (Lipinski definition) is 2. The maximum absolute atomic E-state index is 12.0. The van der Waals surface area contributed by atoms with E-state index >= 15 is 0 Å². The Morgan fingerprint density at radius 3 is 2.44 bits per heavy atom. The van der Waals surface area contributed by atoms with Crippen LogP contribution in [0.5, 0.6) is 0 Å². The Morgan fingerprint density at radius 2 is 1.88 bits per heavy atom. The van der Waals surface area contributed by atoms with Gasteiger partial charge < -0.3 is 5.73 Å². The number of nitrogens with two attached hydrogens (primary N) is 1. The molecule has 2 N–H and O–H groups in total. The van der Waals surface area contributed by atoms with Gasteiger partial charge in [-0.3, -0.25) is 4.79 Å². The summed E-state index contributed by atoms with van der Waals surface area (Å²) in [6, 6.07) is 0. The van der Waals surface area contributed by atoms with Gasteiger partial charge in [-0.25, -0.2) is 0 Å². The molecular weight excluding hydrogens is 198 g/mol. The predicted molar refractivity (Wildman–Crippen MR) is 66.2 cm³/mol. The molecule has 2 heteroatoms. The lowest BCUT2D eigenvalue weighted by atomic mass is 9.70. The highest BCUT2D eigenvalue weighted by Crippen LogP contribution is 2.40. The monoisotopic (exact) mass is 223 g/mol. The molecule has 2 nitrogen and oxygen atoms in total. The zero-order chi connectivity index (χ0) is 11.4. The van der Waals surface area contributed by atoms with Crippen molar-refractivity contribution in [1.29, 1.82) is 0 Å². The van der Waals surface area contributed by atoms with Crippen molar-refractivity contribution in [2.75, 3.05) is 6.54 Å². The van der Waals surface area contributed by atoms with E-state index in [0.717, 1.165) is 25.2 Å². The fourth-order valence-corrected chi connectivity index (χ4v) is 3.03. The summed E-state index contributed by atoms with van der Waals surface area (Å²) in [6.45, 7) is 0.710. The van der Waals surface area contributed by atoms with Crippen LogP contribution in [-0.4, -0.2) is 12.3 Å². The van der Waals surface area contributed by atoms with Crippen molar-refractivity contribution in [3.8, 4) is 0 Å². The van der Waals surface area contributed by atoms with Crippen LogP contribution in [0, 0.1) is 11.3 Å². The van der Waals surface area contributed by atoms with Crippen molar-refractivity contribution < 1.29 is 4.79 Å². The zero-order valence-electron chi connectivity index (χ0n) is 10.3. The normalized spacial score (nSPS) is 24.3. The van der Waals surface area contributed by atoms with Crippen molar-refractivity contribution in [1.82, 2.24) is 0 Å². The number of rotatable bonds is 6. The first-order valence-corrected chi connectivity index (χ1v) is 6.96. The first kappa shape index (κ1) is 12.1. The van der Waals surface area contributed by atoms with Crippen molar-refractivity contribution in [2.24, 2.45) is 17.1 Å². The van der Waals surface area contributed by atoms with Gasteiger partial charge in [0.2, 0.25) is 0 Å². The second kappa shape index (κ2) is 5.31. The molecule has 0 radical (unpaired) electrons. The molecule has 0 aromatic rings. The molecule has 0 bridgehead atoms. The Kier molecular flexibility index (Phi) is 4.01. The van der Waals surface area contributed by atoms with Gasteiger partial charge in [0.1, 0.15) is 5.78 Å². The fraction of sp³-hybridized carbons (Fsp3) is 0.929. The Labute approximate surface area is 99.0 Å². The molecule has 2 saturated carbocycles. The van der Waals surface area contributed by atoms with Gasteiger partial charge in [-0.15, -0.1) is 0 Å². The van der Waals surface area contributed by atoms with Gasteiger partial charge in [0.15, 0.2) is 0 Å². The Hall–Kier alpha value is -0.370. The van der Waals surface area contributed by atoms with E-state index < -0.39 is 0 Å². The number of Topliss-reactive ketones (excluding diaryl/α,β-unsaturated/α-hetero) is 1. The fourth-order valence-electron chi connectivity index (χ4n) is 3.03. The minimum Gasteiger partial charge on any atom is -0.330 e. The molecule has 2 aliphatic carbocycles. The van der Waals surface area contributed by atoms with Crippen molar-refractivity contribution >= 4 is 5.78 Å². The average Bonchev–Trinajstić information content (AvgIpc) is 3.11. The van der Waals surface area contributed by atoms with E-state index in [1.807, 2.05) is 0 Å². The van der Waals surface area contributed by atoms with Crippen LogP contribution in [-0.2, 0) is 4.79 Å². The predicted octanol–water partition coefficient (Wildman–Crippen LogP) is 3.05. The molecule has 0 aliphatic heterocycles. The number of hydrogen-bond donors (Lipinski definition) is 1. The maximum atomic E-state index is 12.0. The lowest BCUT2D eigenvalue weighted by Crippen LogP contribution is -2.35. The minimum atomic E-state index is 0.179. The van der Waals surface area contributed by atoms with E-state index in [1.54, 1.807) is 0 Å². The summed E-state index contributed by atoms with van der Waals surface area (Å²) in [7, 11) is 0.